The minimum atomic E-state index is -0.256. The minimum absolute atomic E-state index is 0.0534. The standard InChI is InChI=1S/C14H19BFP/c1-13(2,3)9-10(15)7-6-14(4,5)8(7)12(17)11(9)16/h6,17H2,1-5H3. The Balaban J connectivity index is 2.78. The molecule has 2 rings (SSSR count). The van der Waals surface area contributed by atoms with Crippen molar-refractivity contribution in [1.29, 1.82) is 0 Å². The Morgan fingerprint density at radius 3 is 2.24 bits per heavy atom. The normalized spacial score (nSPS) is 17.6. The molecule has 2 radical (unpaired) electrons. The van der Waals surface area contributed by atoms with Crippen molar-refractivity contribution in [3.05, 3.63) is 22.5 Å². The smallest absolute Gasteiger partial charge is 0.133 e. The lowest BCUT2D eigenvalue weighted by Crippen LogP contribution is -2.46. The predicted molar refractivity (Wildman–Crippen MR) is 76.6 cm³/mol. The molecule has 1 atom stereocenters. The Hall–Kier alpha value is -0.355. The third-order valence-electron chi connectivity index (χ3n) is 3.67. The molecule has 1 unspecified atom stereocenters. The van der Waals surface area contributed by atoms with Gasteiger partial charge in [-0.05, 0) is 33.9 Å². The first-order valence-corrected chi connectivity index (χ1v) is 6.55. The van der Waals surface area contributed by atoms with E-state index in [2.05, 4.69) is 23.1 Å². The van der Waals surface area contributed by atoms with Crippen LogP contribution in [0.25, 0.3) is 0 Å². The van der Waals surface area contributed by atoms with E-state index in [9.17, 15) is 4.39 Å². The fraction of sp³-hybridized carbons (Fsp3) is 0.571. The second kappa shape index (κ2) is 3.57. The van der Waals surface area contributed by atoms with Gasteiger partial charge < -0.3 is 0 Å². The molecule has 0 aromatic heterocycles. The molecule has 0 heterocycles. The van der Waals surface area contributed by atoms with Crippen LogP contribution >= 0.6 is 9.24 Å². The van der Waals surface area contributed by atoms with E-state index >= 15 is 0 Å². The molecule has 1 aromatic rings. The average molecular weight is 248 g/mol. The molecule has 0 nitrogen and oxygen atoms in total. The number of halogens is 1. The molecule has 3 heteroatoms. The Kier molecular flexibility index (Phi) is 2.75. The second-order valence-electron chi connectivity index (χ2n) is 6.68. The highest BCUT2D eigenvalue weighted by Crippen LogP contribution is 2.41. The maximum atomic E-state index is 14.5. The SMILES string of the molecule is [B]c1c2c(c(P)c(F)c1C(C)(C)C)C(C)(C)C2. The van der Waals surface area contributed by atoms with Crippen molar-refractivity contribution in [3.8, 4) is 0 Å². The second-order valence-corrected chi connectivity index (χ2v) is 7.26. The van der Waals surface area contributed by atoms with Crippen LogP contribution < -0.4 is 10.8 Å². The molecule has 0 N–H and O–H groups in total. The van der Waals surface area contributed by atoms with Crippen LogP contribution in [-0.2, 0) is 17.3 Å². The summed E-state index contributed by atoms with van der Waals surface area (Å²) < 4.78 is 14.5. The predicted octanol–water partition coefficient (Wildman–Crippen LogP) is 2.25. The lowest BCUT2D eigenvalue weighted by atomic mass is 9.60. The molecule has 1 aliphatic rings. The van der Waals surface area contributed by atoms with Crippen molar-refractivity contribution in [2.75, 3.05) is 0 Å². The zero-order chi connectivity index (χ0) is 13.2. The summed E-state index contributed by atoms with van der Waals surface area (Å²) in [5.74, 6) is -0.147. The van der Waals surface area contributed by atoms with E-state index in [0.29, 0.717) is 16.3 Å². The molecular formula is C14H19BFP. The largest absolute Gasteiger partial charge is 0.206 e. The maximum Gasteiger partial charge on any atom is 0.133 e. The number of hydrogen-bond donors (Lipinski definition) is 0. The first kappa shape index (κ1) is 13.1. The quantitative estimate of drug-likeness (QED) is 0.488. The van der Waals surface area contributed by atoms with Gasteiger partial charge in [-0.3, -0.25) is 0 Å². The zero-order valence-electron chi connectivity index (χ0n) is 11.2. The lowest BCUT2D eigenvalue weighted by molar-refractivity contribution is 0.450. The van der Waals surface area contributed by atoms with Gasteiger partial charge in [-0.25, -0.2) is 4.39 Å². The molecule has 0 fully saturated rings. The first-order chi connectivity index (χ1) is 7.57. The number of benzene rings is 1. The van der Waals surface area contributed by atoms with Crippen LogP contribution in [0.4, 0.5) is 4.39 Å². The van der Waals surface area contributed by atoms with Crippen molar-refractivity contribution in [2.24, 2.45) is 0 Å². The molecule has 0 aliphatic heterocycles. The van der Waals surface area contributed by atoms with Crippen molar-refractivity contribution in [2.45, 2.75) is 51.9 Å². The summed E-state index contributed by atoms with van der Waals surface area (Å²) in [6, 6.07) is 0. The van der Waals surface area contributed by atoms with Gasteiger partial charge in [-0.2, -0.15) is 0 Å². The molecule has 0 saturated heterocycles. The first-order valence-electron chi connectivity index (χ1n) is 5.97. The van der Waals surface area contributed by atoms with Crippen molar-refractivity contribution in [1.82, 2.24) is 0 Å². The Morgan fingerprint density at radius 2 is 1.82 bits per heavy atom. The summed E-state index contributed by atoms with van der Waals surface area (Å²) in [6.07, 6.45) is 0.943. The Morgan fingerprint density at radius 1 is 1.29 bits per heavy atom. The van der Waals surface area contributed by atoms with Gasteiger partial charge >= 0.3 is 0 Å². The average Bonchev–Trinajstić information content (AvgIpc) is 2.10. The van der Waals surface area contributed by atoms with E-state index < -0.39 is 0 Å². The summed E-state index contributed by atoms with van der Waals surface area (Å²) in [5, 5.41) is 0.704. The van der Waals surface area contributed by atoms with E-state index in [4.69, 9.17) is 7.85 Å². The van der Waals surface area contributed by atoms with Gasteiger partial charge in [0.1, 0.15) is 13.7 Å². The highest BCUT2D eigenvalue weighted by Gasteiger charge is 2.40. The highest BCUT2D eigenvalue weighted by atomic mass is 31.0. The van der Waals surface area contributed by atoms with Crippen LogP contribution in [0.15, 0.2) is 0 Å². The molecule has 0 saturated carbocycles. The lowest BCUT2D eigenvalue weighted by Gasteiger charge is -2.43. The van der Waals surface area contributed by atoms with E-state index in [1.807, 2.05) is 20.8 Å². The monoisotopic (exact) mass is 248 g/mol. The van der Waals surface area contributed by atoms with Crippen LogP contribution in [0, 0.1) is 5.82 Å². The Labute approximate surface area is 107 Å². The van der Waals surface area contributed by atoms with Gasteiger partial charge in [-0.1, -0.05) is 40.1 Å². The third kappa shape index (κ3) is 1.76. The van der Waals surface area contributed by atoms with E-state index in [1.54, 1.807) is 0 Å². The summed E-state index contributed by atoms with van der Waals surface area (Å²) in [7, 11) is 8.72. The summed E-state index contributed by atoms with van der Waals surface area (Å²) in [6.45, 7) is 10.3. The molecule has 0 spiro atoms. The van der Waals surface area contributed by atoms with Gasteiger partial charge in [-0.15, -0.1) is 9.24 Å². The number of fused-ring (bicyclic) bond motifs is 1. The minimum Gasteiger partial charge on any atom is -0.206 e. The van der Waals surface area contributed by atoms with E-state index in [1.165, 1.54) is 0 Å². The zero-order valence-corrected chi connectivity index (χ0v) is 12.4. The van der Waals surface area contributed by atoms with Gasteiger partial charge in [0.05, 0.1) is 0 Å². The molecule has 17 heavy (non-hydrogen) atoms. The van der Waals surface area contributed by atoms with Crippen LogP contribution in [-0.4, -0.2) is 7.85 Å². The molecule has 1 aliphatic carbocycles. The highest BCUT2D eigenvalue weighted by molar-refractivity contribution is 7.27. The van der Waals surface area contributed by atoms with Crippen molar-refractivity contribution >= 4 is 27.9 Å². The van der Waals surface area contributed by atoms with Gasteiger partial charge in [0, 0.05) is 5.30 Å². The molecule has 0 amide bonds. The summed E-state index contributed by atoms with van der Waals surface area (Å²) >= 11 is 0. The van der Waals surface area contributed by atoms with E-state index in [-0.39, 0.29) is 16.6 Å². The maximum absolute atomic E-state index is 14.5. The third-order valence-corrected chi connectivity index (χ3v) is 4.21. The molecular weight excluding hydrogens is 229 g/mol. The van der Waals surface area contributed by atoms with Gasteiger partial charge in [0.2, 0.25) is 0 Å². The van der Waals surface area contributed by atoms with Crippen LogP contribution in [0.2, 0.25) is 0 Å². The van der Waals surface area contributed by atoms with Crippen LogP contribution in [0.5, 0.6) is 0 Å². The van der Waals surface area contributed by atoms with Crippen LogP contribution in [0.3, 0.4) is 0 Å². The Bertz CT molecular complexity index is 475. The fourth-order valence-electron chi connectivity index (χ4n) is 2.92. The van der Waals surface area contributed by atoms with E-state index in [0.717, 1.165) is 17.5 Å². The number of rotatable bonds is 0. The van der Waals surface area contributed by atoms with Crippen LogP contribution in [0.1, 0.15) is 51.3 Å². The fourth-order valence-corrected chi connectivity index (χ4v) is 3.63. The topological polar surface area (TPSA) is 0 Å². The molecule has 1 aromatic carbocycles. The summed E-state index contributed by atoms with van der Waals surface area (Å²) in [4.78, 5) is 0. The molecule has 90 valence electrons. The van der Waals surface area contributed by atoms with Crippen molar-refractivity contribution in [3.63, 3.8) is 0 Å². The number of hydrogen-bond acceptors (Lipinski definition) is 0. The van der Waals surface area contributed by atoms with Gasteiger partial charge in [0.25, 0.3) is 0 Å². The molecule has 0 bridgehead atoms. The summed E-state index contributed by atoms with van der Waals surface area (Å²) in [5.41, 5.74) is 3.36. The van der Waals surface area contributed by atoms with Crippen molar-refractivity contribution < 1.29 is 4.39 Å². The van der Waals surface area contributed by atoms with Gasteiger partial charge in [0.15, 0.2) is 0 Å².